The van der Waals surface area contributed by atoms with Gasteiger partial charge in [0.05, 0.1) is 0 Å². The van der Waals surface area contributed by atoms with E-state index in [9.17, 15) is 4.39 Å². The Morgan fingerprint density at radius 1 is 1.31 bits per heavy atom. The lowest BCUT2D eigenvalue weighted by atomic mass is 9.73. The molecule has 0 heterocycles. The zero-order chi connectivity index (χ0) is 9.47. The first kappa shape index (κ1) is 8.74. The minimum Gasteiger partial charge on any atom is -0.242 e. The van der Waals surface area contributed by atoms with Crippen LogP contribution >= 0.6 is 0 Å². The van der Waals surface area contributed by atoms with E-state index in [0.717, 1.165) is 18.4 Å². The summed E-state index contributed by atoms with van der Waals surface area (Å²) >= 11 is 0. The lowest BCUT2D eigenvalue weighted by Crippen LogP contribution is -2.25. The molecule has 0 saturated heterocycles. The average molecular weight is 178 g/mol. The Morgan fingerprint density at radius 3 is 2.77 bits per heavy atom. The second-order valence-electron chi connectivity index (χ2n) is 4.55. The van der Waals surface area contributed by atoms with Crippen LogP contribution in [-0.2, 0) is 6.42 Å². The summed E-state index contributed by atoms with van der Waals surface area (Å²) in [6.45, 7) is 4.02. The van der Waals surface area contributed by atoms with E-state index in [1.807, 2.05) is 38.1 Å². The summed E-state index contributed by atoms with van der Waals surface area (Å²) < 4.78 is 14.0. The quantitative estimate of drug-likeness (QED) is 0.568. The van der Waals surface area contributed by atoms with E-state index in [-0.39, 0.29) is 5.41 Å². The van der Waals surface area contributed by atoms with Gasteiger partial charge < -0.3 is 0 Å². The molecule has 2 rings (SSSR count). The third kappa shape index (κ3) is 1.37. The Bertz CT molecular complexity index is 315. The Morgan fingerprint density at radius 2 is 2.00 bits per heavy atom. The van der Waals surface area contributed by atoms with E-state index < -0.39 is 6.17 Å². The van der Waals surface area contributed by atoms with Gasteiger partial charge >= 0.3 is 0 Å². The minimum atomic E-state index is -0.794. The number of fused-ring (bicyclic) bond motifs is 1. The third-order valence-electron chi connectivity index (χ3n) is 3.05. The highest BCUT2D eigenvalue weighted by molar-refractivity contribution is 5.32. The van der Waals surface area contributed by atoms with Gasteiger partial charge in [-0.05, 0) is 24.0 Å². The zero-order valence-electron chi connectivity index (χ0n) is 8.18. The number of hydrogen-bond donors (Lipinski definition) is 0. The molecule has 13 heavy (non-hydrogen) atoms. The van der Waals surface area contributed by atoms with Crippen molar-refractivity contribution in [2.24, 2.45) is 5.41 Å². The molecule has 0 N–H and O–H groups in total. The first-order chi connectivity index (χ1) is 6.11. The smallest absolute Gasteiger partial charge is 0.130 e. The highest BCUT2D eigenvalue weighted by atomic mass is 19.1. The number of hydrogen-bond acceptors (Lipinski definition) is 0. The van der Waals surface area contributed by atoms with E-state index in [1.54, 1.807) is 0 Å². The van der Waals surface area contributed by atoms with Crippen LogP contribution in [-0.4, -0.2) is 0 Å². The van der Waals surface area contributed by atoms with Crippen LogP contribution in [0.25, 0.3) is 0 Å². The lowest BCUT2D eigenvalue weighted by molar-refractivity contribution is 0.121. The number of benzene rings is 1. The van der Waals surface area contributed by atoms with E-state index in [0.29, 0.717) is 0 Å². The second kappa shape index (κ2) is 2.83. The Labute approximate surface area is 78.8 Å². The van der Waals surface area contributed by atoms with Crippen LogP contribution in [0.15, 0.2) is 24.3 Å². The molecule has 0 aliphatic heterocycles. The fraction of sp³-hybridized carbons (Fsp3) is 0.500. The molecule has 0 radical (unpaired) electrons. The Hall–Kier alpha value is -0.850. The summed E-state index contributed by atoms with van der Waals surface area (Å²) in [5.41, 5.74) is 1.90. The fourth-order valence-electron chi connectivity index (χ4n) is 2.01. The van der Waals surface area contributed by atoms with Crippen LogP contribution < -0.4 is 0 Å². The van der Waals surface area contributed by atoms with Crippen molar-refractivity contribution in [1.29, 1.82) is 0 Å². The molecule has 0 saturated carbocycles. The number of alkyl halides is 1. The van der Waals surface area contributed by atoms with Crippen LogP contribution in [0, 0.1) is 5.41 Å². The van der Waals surface area contributed by atoms with Gasteiger partial charge in [-0.2, -0.15) is 0 Å². The molecular formula is C12H15F. The van der Waals surface area contributed by atoms with Gasteiger partial charge in [0.1, 0.15) is 6.17 Å². The van der Waals surface area contributed by atoms with Gasteiger partial charge in [-0.3, -0.25) is 0 Å². The molecule has 1 aliphatic carbocycles. The molecule has 0 aromatic heterocycles. The van der Waals surface area contributed by atoms with Gasteiger partial charge in [-0.15, -0.1) is 0 Å². The predicted molar refractivity (Wildman–Crippen MR) is 52.4 cm³/mol. The topological polar surface area (TPSA) is 0 Å². The van der Waals surface area contributed by atoms with Crippen LogP contribution in [0.2, 0.25) is 0 Å². The molecule has 0 bridgehead atoms. The molecule has 1 unspecified atom stereocenters. The van der Waals surface area contributed by atoms with Crippen molar-refractivity contribution in [3.8, 4) is 0 Å². The Balaban J connectivity index is 2.45. The van der Waals surface area contributed by atoms with E-state index in [2.05, 4.69) is 0 Å². The summed E-state index contributed by atoms with van der Waals surface area (Å²) in [6.07, 6.45) is 1.17. The summed E-state index contributed by atoms with van der Waals surface area (Å²) in [6, 6.07) is 7.87. The molecular weight excluding hydrogens is 163 g/mol. The summed E-state index contributed by atoms with van der Waals surface area (Å²) in [5.74, 6) is 0. The molecule has 1 aliphatic rings. The van der Waals surface area contributed by atoms with E-state index in [1.165, 1.54) is 5.56 Å². The fourth-order valence-corrected chi connectivity index (χ4v) is 2.01. The maximum absolute atomic E-state index is 14.0. The lowest BCUT2D eigenvalue weighted by Gasteiger charge is -2.34. The molecule has 0 fully saturated rings. The van der Waals surface area contributed by atoms with Crippen LogP contribution in [0.1, 0.15) is 37.6 Å². The third-order valence-corrected chi connectivity index (χ3v) is 3.05. The first-order valence-electron chi connectivity index (χ1n) is 4.83. The molecule has 0 nitrogen and oxygen atoms in total. The van der Waals surface area contributed by atoms with Crippen molar-refractivity contribution in [3.05, 3.63) is 35.4 Å². The average Bonchev–Trinajstić information content (AvgIpc) is 2.13. The molecule has 1 atom stereocenters. The highest BCUT2D eigenvalue weighted by Gasteiger charge is 2.35. The largest absolute Gasteiger partial charge is 0.242 e. The highest BCUT2D eigenvalue weighted by Crippen LogP contribution is 2.45. The molecule has 1 aromatic carbocycles. The van der Waals surface area contributed by atoms with Crippen molar-refractivity contribution >= 4 is 0 Å². The van der Waals surface area contributed by atoms with Crippen molar-refractivity contribution in [1.82, 2.24) is 0 Å². The van der Waals surface area contributed by atoms with Gasteiger partial charge in [-0.1, -0.05) is 38.1 Å². The van der Waals surface area contributed by atoms with Gasteiger partial charge in [0.2, 0.25) is 0 Å². The SMILES string of the molecule is CC1(C)CCc2ccccc2C1F. The molecule has 0 spiro atoms. The van der Waals surface area contributed by atoms with E-state index in [4.69, 9.17) is 0 Å². The van der Waals surface area contributed by atoms with Crippen molar-refractivity contribution in [2.45, 2.75) is 32.9 Å². The van der Waals surface area contributed by atoms with Crippen molar-refractivity contribution in [3.63, 3.8) is 0 Å². The predicted octanol–water partition coefficient (Wildman–Crippen LogP) is 3.67. The minimum absolute atomic E-state index is 0.186. The van der Waals surface area contributed by atoms with Crippen molar-refractivity contribution < 1.29 is 4.39 Å². The molecule has 70 valence electrons. The monoisotopic (exact) mass is 178 g/mol. The van der Waals surface area contributed by atoms with Crippen LogP contribution in [0.4, 0.5) is 4.39 Å². The van der Waals surface area contributed by atoms with Gasteiger partial charge in [0.25, 0.3) is 0 Å². The molecule has 1 aromatic rings. The first-order valence-corrected chi connectivity index (χ1v) is 4.83. The maximum atomic E-state index is 14.0. The van der Waals surface area contributed by atoms with Crippen LogP contribution in [0.3, 0.4) is 0 Å². The van der Waals surface area contributed by atoms with Gasteiger partial charge in [0.15, 0.2) is 0 Å². The number of rotatable bonds is 0. The van der Waals surface area contributed by atoms with Crippen LogP contribution in [0.5, 0.6) is 0 Å². The van der Waals surface area contributed by atoms with Gasteiger partial charge in [0, 0.05) is 5.41 Å². The van der Waals surface area contributed by atoms with Gasteiger partial charge in [-0.25, -0.2) is 4.39 Å². The number of halogens is 1. The summed E-state index contributed by atoms with van der Waals surface area (Å²) in [7, 11) is 0. The zero-order valence-corrected chi connectivity index (χ0v) is 8.18. The summed E-state index contributed by atoms with van der Waals surface area (Å²) in [5, 5.41) is 0. The standard InChI is InChI=1S/C12H15F/c1-12(2)8-7-9-5-3-4-6-10(9)11(12)13/h3-6,11H,7-8H2,1-2H3. The molecule has 0 amide bonds. The Kier molecular flexibility index (Phi) is 1.90. The summed E-state index contributed by atoms with van der Waals surface area (Å²) in [4.78, 5) is 0. The second-order valence-corrected chi connectivity index (χ2v) is 4.55. The maximum Gasteiger partial charge on any atom is 0.130 e. The van der Waals surface area contributed by atoms with Crippen molar-refractivity contribution in [2.75, 3.05) is 0 Å². The van der Waals surface area contributed by atoms with E-state index >= 15 is 0 Å². The normalized spacial score (nSPS) is 25.3. The molecule has 1 heteroatoms. The number of aryl methyl sites for hydroxylation is 1.